The molecule has 7 heteroatoms. The van der Waals surface area contributed by atoms with E-state index in [-0.39, 0.29) is 19.1 Å². The summed E-state index contributed by atoms with van der Waals surface area (Å²) in [4.78, 5) is 16.8. The summed E-state index contributed by atoms with van der Waals surface area (Å²) in [7, 11) is 0. The van der Waals surface area contributed by atoms with Crippen molar-refractivity contribution in [3.05, 3.63) is 16.1 Å². The molecule has 0 bridgehead atoms. The molecule has 0 saturated heterocycles. The summed E-state index contributed by atoms with van der Waals surface area (Å²) in [5.41, 5.74) is 2.88. The number of aromatic nitrogens is 1. The van der Waals surface area contributed by atoms with E-state index in [1.165, 1.54) is 4.88 Å². The number of carbonyl (C=O) groups is 1. The highest BCUT2D eigenvalue weighted by molar-refractivity contribution is 7.09. The minimum atomic E-state index is -0.596. The van der Waals surface area contributed by atoms with Crippen LogP contribution in [-0.4, -0.2) is 54.4 Å². The predicted octanol–water partition coefficient (Wildman–Crippen LogP) is 0.240. The second-order valence-corrected chi connectivity index (χ2v) is 6.25. The Kier molecular flexibility index (Phi) is 6.56. The van der Waals surface area contributed by atoms with Crippen LogP contribution in [0.2, 0.25) is 0 Å². The largest absolute Gasteiger partial charge is 0.389 e. The molecule has 2 rings (SSSR count). The summed E-state index contributed by atoms with van der Waals surface area (Å²) >= 11 is 1.62. The fourth-order valence-corrected chi connectivity index (χ4v) is 2.63. The normalized spacial score (nSPS) is 15.9. The van der Waals surface area contributed by atoms with E-state index in [0.717, 1.165) is 25.0 Å². The molecule has 21 heavy (non-hydrogen) atoms. The number of rotatable bonds is 10. The average Bonchev–Trinajstić information content (AvgIpc) is 3.16. The summed E-state index contributed by atoms with van der Waals surface area (Å²) in [6.07, 6.45) is 2.39. The van der Waals surface area contributed by atoms with Gasteiger partial charge in [0, 0.05) is 23.9 Å². The Morgan fingerprint density at radius 1 is 1.62 bits per heavy atom. The first-order valence-corrected chi connectivity index (χ1v) is 8.18. The molecule has 1 amide bonds. The highest BCUT2D eigenvalue weighted by atomic mass is 32.1. The summed E-state index contributed by atoms with van der Waals surface area (Å²) < 4.78 is 5.44. The van der Waals surface area contributed by atoms with Crippen LogP contribution in [-0.2, 0) is 16.0 Å². The van der Waals surface area contributed by atoms with E-state index in [1.54, 1.807) is 11.3 Å². The van der Waals surface area contributed by atoms with Gasteiger partial charge < -0.3 is 20.5 Å². The van der Waals surface area contributed by atoms with Crippen LogP contribution in [0.4, 0.5) is 0 Å². The van der Waals surface area contributed by atoms with Gasteiger partial charge >= 0.3 is 0 Å². The van der Waals surface area contributed by atoms with Gasteiger partial charge in [-0.05, 0) is 19.8 Å². The molecule has 0 radical (unpaired) electrons. The van der Waals surface area contributed by atoms with E-state index in [9.17, 15) is 9.90 Å². The number of nitrogens with zero attached hydrogens (tertiary/aromatic N) is 1. The molecule has 1 aromatic heterocycles. The molecule has 1 unspecified atom stereocenters. The molecule has 1 heterocycles. The van der Waals surface area contributed by atoms with Gasteiger partial charge in [-0.1, -0.05) is 0 Å². The van der Waals surface area contributed by atoms with Crippen molar-refractivity contribution in [1.82, 2.24) is 15.6 Å². The molecule has 0 aliphatic heterocycles. The SMILES string of the molecule is Cc1ncsc1CCOCC(O)CNCC(=O)NC1CC1. The predicted molar refractivity (Wildman–Crippen MR) is 81.4 cm³/mol. The Morgan fingerprint density at radius 3 is 3.10 bits per heavy atom. The highest BCUT2D eigenvalue weighted by Crippen LogP contribution is 2.18. The van der Waals surface area contributed by atoms with E-state index >= 15 is 0 Å². The minimum absolute atomic E-state index is 0.00807. The summed E-state index contributed by atoms with van der Waals surface area (Å²) in [6.45, 7) is 3.43. The minimum Gasteiger partial charge on any atom is -0.389 e. The fourth-order valence-electron chi connectivity index (χ4n) is 1.87. The van der Waals surface area contributed by atoms with Crippen molar-refractivity contribution in [1.29, 1.82) is 0 Å². The molecule has 0 spiro atoms. The van der Waals surface area contributed by atoms with Gasteiger partial charge in [0.1, 0.15) is 0 Å². The Balaban J connectivity index is 1.46. The third kappa shape index (κ3) is 6.52. The number of ether oxygens (including phenoxy) is 1. The number of aliphatic hydroxyl groups excluding tert-OH is 1. The first kappa shape index (κ1) is 16.4. The van der Waals surface area contributed by atoms with Gasteiger partial charge in [0.15, 0.2) is 0 Å². The zero-order chi connectivity index (χ0) is 15.1. The number of thiazole rings is 1. The molecule has 6 nitrogen and oxygen atoms in total. The van der Waals surface area contributed by atoms with Gasteiger partial charge in [-0.3, -0.25) is 4.79 Å². The van der Waals surface area contributed by atoms with Gasteiger partial charge in [0.2, 0.25) is 5.91 Å². The lowest BCUT2D eigenvalue weighted by Crippen LogP contribution is -2.39. The second kappa shape index (κ2) is 8.43. The van der Waals surface area contributed by atoms with Crippen LogP contribution in [0, 0.1) is 6.92 Å². The van der Waals surface area contributed by atoms with Gasteiger partial charge in [-0.15, -0.1) is 11.3 Å². The maximum atomic E-state index is 11.4. The molecule has 118 valence electrons. The van der Waals surface area contributed by atoms with Crippen molar-refractivity contribution in [3.63, 3.8) is 0 Å². The Labute approximate surface area is 128 Å². The average molecular weight is 313 g/mol. The molecule has 1 atom stereocenters. The molecular formula is C14H23N3O3S. The Hall–Kier alpha value is -1.02. The molecule has 1 fully saturated rings. The van der Waals surface area contributed by atoms with Gasteiger partial charge in [-0.25, -0.2) is 4.98 Å². The molecule has 1 aliphatic carbocycles. The summed E-state index contributed by atoms with van der Waals surface area (Å²) in [5.74, 6) is -0.00807. The first-order chi connectivity index (χ1) is 10.1. The van der Waals surface area contributed by atoms with Gasteiger partial charge in [0.05, 0.1) is 37.1 Å². The number of carbonyl (C=O) groups excluding carboxylic acids is 1. The van der Waals surface area contributed by atoms with E-state index in [4.69, 9.17) is 4.74 Å². The van der Waals surface area contributed by atoms with Crippen molar-refractivity contribution in [2.24, 2.45) is 0 Å². The molecule has 0 aromatic carbocycles. The van der Waals surface area contributed by atoms with Crippen molar-refractivity contribution in [2.45, 2.75) is 38.3 Å². The molecule has 3 N–H and O–H groups in total. The van der Waals surface area contributed by atoms with Crippen molar-refractivity contribution in [2.75, 3.05) is 26.3 Å². The standard InChI is InChI=1S/C14H23N3O3S/c1-10-13(21-9-16-10)4-5-20-8-12(18)6-15-7-14(19)17-11-2-3-11/h9,11-12,15,18H,2-8H2,1H3,(H,17,19). The van der Waals surface area contributed by atoms with E-state index in [2.05, 4.69) is 15.6 Å². The number of aliphatic hydroxyl groups is 1. The number of nitrogens with one attached hydrogen (secondary N) is 2. The third-order valence-corrected chi connectivity index (χ3v) is 4.23. The van der Waals surface area contributed by atoms with Gasteiger partial charge in [0.25, 0.3) is 0 Å². The van der Waals surface area contributed by atoms with Crippen LogP contribution in [0.3, 0.4) is 0 Å². The third-order valence-electron chi connectivity index (χ3n) is 3.24. The maximum Gasteiger partial charge on any atom is 0.234 e. The van der Waals surface area contributed by atoms with Crippen LogP contribution in [0.15, 0.2) is 5.51 Å². The molecular weight excluding hydrogens is 290 g/mol. The van der Waals surface area contributed by atoms with Crippen molar-refractivity contribution >= 4 is 17.2 Å². The van der Waals surface area contributed by atoms with Crippen LogP contribution >= 0.6 is 11.3 Å². The maximum absolute atomic E-state index is 11.4. The lowest BCUT2D eigenvalue weighted by molar-refractivity contribution is -0.120. The van der Waals surface area contributed by atoms with Crippen LogP contribution in [0.25, 0.3) is 0 Å². The fraction of sp³-hybridized carbons (Fsp3) is 0.714. The Bertz CT molecular complexity index is 448. The van der Waals surface area contributed by atoms with Crippen LogP contribution in [0.1, 0.15) is 23.4 Å². The van der Waals surface area contributed by atoms with Crippen LogP contribution < -0.4 is 10.6 Å². The van der Waals surface area contributed by atoms with E-state index < -0.39 is 6.10 Å². The highest BCUT2D eigenvalue weighted by Gasteiger charge is 2.22. The zero-order valence-corrected chi connectivity index (χ0v) is 13.1. The second-order valence-electron chi connectivity index (χ2n) is 5.31. The summed E-state index contributed by atoms with van der Waals surface area (Å²) in [5, 5.41) is 15.6. The Morgan fingerprint density at radius 2 is 2.43 bits per heavy atom. The van der Waals surface area contributed by atoms with Crippen LogP contribution in [0.5, 0.6) is 0 Å². The summed E-state index contributed by atoms with van der Waals surface area (Å²) in [6, 6.07) is 0.378. The van der Waals surface area contributed by atoms with Gasteiger partial charge in [-0.2, -0.15) is 0 Å². The van der Waals surface area contributed by atoms with Crippen molar-refractivity contribution in [3.8, 4) is 0 Å². The first-order valence-electron chi connectivity index (χ1n) is 7.30. The number of aryl methyl sites for hydroxylation is 1. The lowest BCUT2D eigenvalue weighted by atomic mass is 10.3. The lowest BCUT2D eigenvalue weighted by Gasteiger charge is -2.12. The van der Waals surface area contributed by atoms with E-state index in [0.29, 0.717) is 19.2 Å². The molecule has 1 aliphatic rings. The topological polar surface area (TPSA) is 83.5 Å². The zero-order valence-electron chi connectivity index (χ0n) is 12.3. The monoisotopic (exact) mass is 313 g/mol. The number of amides is 1. The molecule has 1 saturated carbocycles. The quantitative estimate of drug-likeness (QED) is 0.539. The van der Waals surface area contributed by atoms with Crippen molar-refractivity contribution < 1.29 is 14.6 Å². The number of hydrogen-bond acceptors (Lipinski definition) is 6. The molecule has 1 aromatic rings. The number of hydrogen-bond donors (Lipinski definition) is 3. The smallest absolute Gasteiger partial charge is 0.234 e. The van der Waals surface area contributed by atoms with E-state index in [1.807, 2.05) is 12.4 Å².